The molecule has 0 atom stereocenters. The second kappa shape index (κ2) is 9.23. The van der Waals surface area contributed by atoms with E-state index in [0.717, 1.165) is 16.1 Å². The molecule has 3 rings (SSSR count). The maximum atomic E-state index is 12.5. The van der Waals surface area contributed by atoms with Crippen molar-refractivity contribution in [2.24, 2.45) is 0 Å². The summed E-state index contributed by atoms with van der Waals surface area (Å²) in [4.78, 5) is 12.2. The van der Waals surface area contributed by atoms with Gasteiger partial charge in [-0.3, -0.25) is 9.52 Å². The van der Waals surface area contributed by atoms with Crippen molar-refractivity contribution in [1.29, 1.82) is 0 Å². The average molecular weight is 447 g/mol. The Morgan fingerprint density at radius 1 is 1.07 bits per heavy atom. The van der Waals surface area contributed by atoms with Gasteiger partial charge < -0.3 is 10.1 Å². The molecule has 30 heavy (non-hydrogen) atoms. The minimum atomic E-state index is -3.79. The second-order valence-electron chi connectivity index (χ2n) is 6.54. The molecule has 158 valence electrons. The predicted molar refractivity (Wildman–Crippen MR) is 117 cm³/mol. The molecule has 2 N–H and O–H groups in total. The van der Waals surface area contributed by atoms with Crippen molar-refractivity contribution in [3.63, 3.8) is 0 Å². The van der Waals surface area contributed by atoms with Gasteiger partial charge in [-0.1, -0.05) is 36.5 Å². The molecule has 3 aromatic rings. The lowest BCUT2D eigenvalue weighted by atomic mass is 10.1. The van der Waals surface area contributed by atoms with Crippen LogP contribution in [0.3, 0.4) is 0 Å². The first-order chi connectivity index (χ1) is 14.3. The van der Waals surface area contributed by atoms with E-state index in [1.54, 1.807) is 0 Å². The number of nitrogens with one attached hydrogen (secondary N) is 2. The van der Waals surface area contributed by atoms with E-state index in [-0.39, 0.29) is 22.5 Å². The fourth-order valence-corrected chi connectivity index (χ4v) is 4.60. The zero-order valence-corrected chi connectivity index (χ0v) is 18.4. The van der Waals surface area contributed by atoms with E-state index in [1.165, 1.54) is 35.6 Å². The number of aromatic nitrogens is 2. The maximum absolute atomic E-state index is 12.5. The van der Waals surface area contributed by atoms with Gasteiger partial charge >= 0.3 is 0 Å². The number of ether oxygens (including phenoxy) is 1. The first kappa shape index (κ1) is 21.7. The molecule has 0 unspecified atom stereocenters. The molecule has 0 fully saturated rings. The number of carbonyl (C=O) groups is 1. The van der Waals surface area contributed by atoms with Gasteiger partial charge in [-0.2, -0.15) is 0 Å². The fraction of sp³-hybridized carbons (Fsp3) is 0.250. The summed E-state index contributed by atoms with van der Waals surface area (Å²) in [6, 6.07) is 11.6. The van der Waals surface area contributed by atoms with Gasteiger partial charge in [0.15, 0.2) is 6.61 Å². The minimum Gasteiger partial charge on any atom is -0.483 e. The van der Waals surface area contributed by atoms with Gasteiger partial charge in [0.25, 0.3) is 15.9 Å². The Bertz CT molecular complexity index is 1120. The molecule has 0 spiro atoms. The van der Waals surface area contributed by atoms with Gasteiger partial charge in [-0.25, -0.2) is 8.42 Å². The number of carbonyl (C=O) groups excluding carboxylic acids is 1. The van der Waals surface area contributed by atoms with Gasteiger partial charge in [-0.05, 0) is 55.7 Å². The molecule has 1 aromatic heterocycles. The van der Waals surface area contributed by atoms with E-state index in [4.69, 9.17) is 4.74 Å². The van der Waals surface area contributed by atoms with Gasteiger partial charge in [0.2, 0.25) is 5.13 Å². The summed E-state index contributed by atoms with van der Waals surface area (Å²) in [5.41, 5.74) is 2.37. The van der Waals surface area contributed by atoms with Gasteiger partial charge in [0.1, 0.15) is 10.8 Å². The topological polar surface area (TPSA) is 110 Å². The average Bonchev–Trinajstić information content (AvgIpc) is 3.15. The number of benzene rings is 2. The molecule has 2 aromatic carbocycles. The van der Waals surface area contributed by atoms with Crippen LogP contribution in [0.5, 0.6) is 5.75 Å². The molecule has 10 heteroatoms. The Hall–Kier alpha value is -2.98. The van der Waals surface area contributed by atoms with Crippen molar-refractivity contribution in [1.82, 2.24) is 10.2 Å². The molecule has 1 heterocycles. The molecular formula is C20H22N4O4S2. The van der Waals surface area contributed by atoms with E-state index in [1.807, 2.05) is 39.0 Å². The van der Waals surface area contributed by atoms with E-state index in [2.05, 4.69) is 20.2 Å². The quantitative estimate of drug-likeness (QED) is 0.548. The number of anilines is 2. The van der Waals surface area contributed by atoms with Crippen molar-refractivity contribution in [3.8, 4) is 5.75 Å². The van der Waals surface area contributed by atoms with Crippen molar-refractivity contribution in [2.75, 3.05) is 16.6 Å². The second-order valence-corrected chi connectivity index (χ2v) is 9.29. The molecule has 0 saturated heterocycles. The molecule has 0 aliphatic rings. The number of hydrogen-bond donors (Lipinski definition) is 2. The Morgan fingerprint density at radius 3 is 2.33 bits per heavy atom. The van der Waals surface area contributed by atoms with Crippen LogP contribution in [0, 0.1) is 13.8 Å². The number of aryl methyl sites for hydroxylation is 3. The number of nitrogens with zero attached hydrogens (tertiary/aromatic N) is 2. The lowest BCUT2D eigenvalue weighted by Gasteiger charge is -2.12. The Kier molecular flexibility index (Phi) is 6.68. The lowest BCUT2D eigenvalue weighted by molar-refractivity contribution is -0.118. The highest BCUT2D eigenvalue weighted by atomic mass is 32.2. The highest BCUT2D eigenvalue weighted by Gasteiger charge is 2.17. The lowest BCUT2D eigenvalue weighted by Crippen LogP contribution is -2.20. The highest BCUT2D eigenvalue weighted by molar-refractivity contribution is 7.93. The third-order valence-corrected chi connectivity index (χ3v) is 6.66. The number of para-hydroxylation sites is 1. The summed E-state index contributed by atoms with van der Waals surface area (Å²) in [6.45, 7) is 5.60. The fourth-order valence-electron chi connectivity index (χ4n) is 2.69. The Morgan fingerprint density at radius 2 is 1.73 bits per heavy atom. The minimum absolute atomic E-state index is 0.0560. The normalized spacial score (nSPS) is 11.2. The van der Waals surface area contributed by atoms with Crippen LogP contribution in [-0.2, 0) is 21.2 Å². The van der Waals surface area contributed by atoms with Crippen LogP contribution in [0.15, 0.2) is 47.4 Å². The van der Waals surface area contributed by atoms with Crippen molar-refractivity contribution < 1.29 is 17.9 Å². The Labute approximate surface area is 179 Å². The monoisotopic (exact) mass is 446 g/mol. The third-order valence-electron chi connectivity index (χ3n) is 4.20. The van der Waals surface area contributed by atoms with E-state index in [0.29, 0.717) is 17.9 Å². The van der Waals surface area contributed by atoms with Crippen LogP contribution in [0.2, 0.25) is 0 Å². The van der Waals surface area contributed by atoms with Gasteiger partial charge in [0.05, 0.1) is 4.90 Å². The van der Waals surface area contributed by atoms with Crippen LogP contribution in [0.1, 0.15) is 23.1 Å². The standard InChI is InChI=1S/C20H22N4O4S2/c1-4-18-22-23-20(29-18)24-30(26,27)16-10-8-15(9-11-16)21-17(25)12-28-19-13(2)6-5-7-14(19)3/h5-11H,4,12H2,1-3H3,(H,21,25)(H,23,24). The van der Waals surface area contributed by atoms with E-state index in [9.17, 15) is 13.2 Å². The van der Waals surface area contributed by atoms with Crippen molar-refractivity contribution in [2.45, 2.75) is 32.1 Å². The van der Waals surface area contributed by atoms with Crippen LogP contribution in [0.25, 0.3) is 0 Å². The zero-order chi connectivity index (χ0) is 21.7. The van der Waals surface area contributed by atoms with E-state index >= 15 is 0 Å². The summed E-state index contributed by atoms with van der Waals surface area (Å²) in [7, 11) is -3.79. The summed E-state index contributed by atoms with van der Waals surface area (Å²) in [5.74, 6) is 0.343. The number of amides is 1. The zero-order valence-electron chi connectivity index (χ0n) is 16.8. The first-order valence-electron chi connectivity index (χ1n) is 9.22. The summed E-state index contributed by atoms with van der Waals surface area (Å²) in [5, 5.41) is 11.4. The van der Waals surface area contributed by atoms with Gasteiger partial charge in [0, 0.05) is 5.69 Å². The molecule has 0 aliphatic heterocycles. The molecule has 0 aliphatic carbocycles. The van der Waals surface area contributed by atoms with Crippen LogP contribution < -0.4 is 14.8 Å². The summed E-state index contributed by atoms with van der Waals surface area (Å²) in [6.07, 6.45) is 0.681. The molecule has 1 amide bonds. The third kappa shape index (κ3) is 5.33. The van der Waals surface area contributed by atoms with Crippen molar-refractivity contribution >= 4 is 38.1 Å². The Balaban J connectivity index is 1.60. The van der Waals surface area contributed by atoms with Gasteiger partial charge in [-0.15, -0.1) is 10.2 Å². The highest BCUT2D eigenvalue weighted by Crippen LogP contribution is 2.23. The van der Waals surface area contributed by atoms with Crippen LogP contribution >= 0.6 is 11.3 Å². The molecule has 0 bridgehead atoms. The van der Waals surface area contributed by atoms with Crippen LogP contribution in [0.4, 0.5) is 10.8 Å². The smallest absolute Gasteiger partial charge is 0.263 e. The summed E-state index contributed by atoms with van der Waals surface area (Å²) < 4.78 is 33.0. The number of rotatable bonds is 8. The predicted octanol–water partition coefficient (Wildman–Crippen LogP) is 3.54. The first-order valence-corrected chi connectivity index (χ1v) is 11.5. The van der Waals surface area contributed by atoms with Crippen LogP contribution in [-0.4, -0.2) is 31.1 Å². The number of hydrogen-bond acceptors (Lipinski definition) is 7. The SMILES string of the molecule is CCc1nnc(NS(=O)(=O)c2ccc(NC(=O)COc3c(C)cccc3C)cc2)s1. The maximum Gasteiger partial charge on any atom is 0.263 e. The largest absolute Gasteiger partial charge is 0.483 e. The van der Waals surface area contributed by atoms with E-state index < -0.39 is 10.0 Å². The molecule has 0 saturated carbocycles. The summed E-state index contributed by atoms with van der Waals surface area (Å²) >= 11 is 1.19. The number of sulfonamides is 1. The molecular weight excluding hydrogens is 424 g/mol. The molecule has 8 nitrogen and oxygen atoms in total. The van der Waals surface area contributed by atoms with Crippen molar-refractivity contribution in [3.05, 3.63) is 58.6 Å². The molecule has 0 radical (unpaired) electrons.